The van der Waals surface area contributed by atoms with Crippen molar-refractivity contribution in [1.82, 2.24) is 0 Å². The van der Waals surface area contributed by atoms with Gasteiger partial charge in [-0.2, -0.15) is 0 Å². The molecule has 0 aromatic rings. The van der Waals surface area contributed by atoms with E-state index in [1.54, 1.807) is 0 Å². The molecule has 0 aliphatic carbocycles. The lowest BCUT2D eigenvalue weighted by Crippen LogP contribution is -2.64. The summed E-state index contributed by atoms with van der Waals surface area (Å²) in [4.78, 5) is 0. The largest absolute Gasteiger partial charge is 0.394 e. The van der Waals surface area contributed by atoms with Gasteiger partial charge in [-0.3, -0.25) is 0 Å². The summed E-state index contributed by atoms with van der Waals surface area (Å²) in [5.41, 5.74) is 0. The van der Waals surface area contributed by atoms with Crippen LogP contribution in [0.3, 0.4) is 0 Å². The fourth-order valence-electron chi connectivity index (χ4n) is 2.55. The van der Waals surface area contributed by atoms with E-state index in [1.807, 2.05) is 0 Å². The van der Waals surface area contributed by atoms with Crippen molar-refractivity contribution in [2.75, 3.05) is 13.2 Å². The Kier molecular flexibility index (Phi) is 6.27. The Morgan fingerprint density at radius 3 is 1.74 bits per heavy atom. The highest BCUT2D eigenvalue weighted by atomic mass is 16.7. The molecule has 136 valence electrons. The number of rotatable bonds is 4. The first-order valence-electron chi connectivity index (χ1n) is 7.08. The average Bonchev–Trinajstić information content (AvgIpc) is 2.54. The number of aliphatic hydroxyl groups is 8. The fourth-order valence-corrected chi connectivity index (χ4v) is 2.55. The molecule has 2 fully saturated rings. The zero-order valence-electron chi connectivity index (χ0n) is 12.0. The molecule has 23 heavy (non-hydrogen) atoms. The Morgan fingerprint density at radius 1 is 0.652 bits per heavy atom. The van der Waals surface area contributed by atoms with Gasteiger partial charge in [0.15, 0.2) is 12.6 Å². The van der Waals surface area contributed by atoms with Gasteiger partial charge in [0.05, 0.1) is 13.2 Å². The van der Waals surface area contributed by atoms with Crippen molar-refractivity contribution >= 4 is 0 Å². The maximum atomic E-state index is 9.94. The molecule has 0 radical (unpaired) electrons. The predicted octanol–water partition coefficient (Wildman–Crippen LogP) is -5.40. The van der Waals surface area contributed by atoms with Crippen LogP contribution in [0.5, 0.6) is 0 Å². The van der Waals surface area contributed by atoms with Gasteiger partial charge < -0.3 is 55.1 Å². The lowest BCUT2D eigenvalue weighted by atomic mass is 9.97. The minimum absolute atomic E-state index is 0.651. The minimum atomic E-state index is -1.75. The summed E-state index contributed by atoms with van der Waals surface area (Å²) in [5, 5.41) is 76.7. The summed E-state index contributed by atoms with van der Waals surface area (Å²) in [6.45, 7) is -1.33. The first kappa shape index (κ1) is 18.9. The second kappa shape index (κ2) is 7.63. The molecule has 0 amide bonds. The molecule has 2 rings (SSSR count). The molecule has 2 saturated heterocycles. The third kappa shape index (κ3) is 3.65. The van der Waals surface area contributed by atoms with Crippen molar-refractivity contribution in [3.63, 3.8) is 0 Å². The van der Waals surface area contributed by atoms with E-state index in [0.29, 0.717) is 0 Å². The van der Waals surface area contributed by atoms with Gasteiger partial charge in [0.1, 0.15) is 48.8 Å². The molecule has 0 bridgehead atoms. The Labute approximate surface area is 130 Å². The maximum Gasteiger partial charge on any atom is 0.187 e. The summed E-state index contributed by atoms with van der Waals surface area (Å²) in [7, 11) is 0. The van der Waals surface area contributed by atoms with Crippen molar-refractivity contribution < 1.29 is 55.1 Å². The van der Waals surface area contributed by atoms with Crippen molar-refractivity contribution in [2.24, 2.45) is 0 Å². The van der Waals surface area contributed by atoms with E-state index >= 15 is 0 Å². The lowest BCUT2D eigenvalue weighted by molar-refractivity contribution is -0.361. The SMILES string of the molecule is OC[C@H]1OC(O)[C@H](O[C@@H]2O[C@H](CO)[C@@H](O)[C@H](O)[C@H]2O)[C@@H](O)[C@H]1O. The summed E-state index contributed by atoms with van der Waals surface area (Å²) in [6.07, 6.45) is -15.6. The number of hydrogen-bond donors (Lipinski definition) is 8. The van der Waals surface area contributed by atoms with Gasteiger partial charge in [0.25, 0.3) is 0 Å². The van der Waals surface area contributed by atoms with E-state index in [4.69, 9.17) is 24.4 Å². The van der Waals surface area contributed by atoms with Gasteiger partial charge in [-0.1, -0.05) is 0 Å². The molecular formula is C12H22O11. The summed E-state index contributed by atoms with van der Waals surface area (Å²) >= 11 is 0. The Bertz CT molecular complexity index is 380. The van der Waals surface area contributed by atoms with Gasteiger partial charge in [0.2, 0.25) is 0 Å². The number of hydrogen-bond acceptors (Lipinski definition) is 11. The molecule has 8 N–H and O–H groups in total. The molecule has 11 nitrogen and oxygen atoms in total. The first-order valence-corrected chi connectivity index (χ1v) is 7.08. The van der Waals surface area contributed by atoms with Crippen LogP contribution >= 0.6 is 0 Å². The second-order valence-electron chi connectivity index (χ2n) is 5.53. The van der Waals surface area contributed by atoms with Crippen LogP contribution in [0.4, 0.5) is 0 Å². The van der Waals surface area contributed by atoms with E-state index in [2.05, 4.69) is 0 Å². The standard InChI is InChI=1S/C12H22O11/c13-1-3-6(16)8(18)10(11(20)21-3)23-12-9(19)7(17)5(15)4(2-14)22-12/h3-20H,1-2H2/t3-,4-,5-,6+,7+,8+,9-,10-,11?,12+/m1/s1. The normalized spacial score (nSPS) is 51.7. The van der Waals surface area contributed by atoms with Crippen LogP contribution in [0.25, 0.3) is 0 Å². The summed E-state index contributed by atoms with van der Waals surface area (Å²) in [5.74, 6) is 0. The van der Waals surface area contributed by atoms with E-state index in [0.717, 1.165) is 0 Å². The summed E-state index contributed by atoms with van der Waals surface area (Å²) in [6, 6.07) is 0. The highest BCUT2D eigenvalue weighted by molar-refractivity contribution is 4.93. The highest BCUT2D eigenvalue weighted by Gasteiger charge is 2.50. The van der Waals surface area contributed by atoms with Crippen molar-refractivity contribution in [2.45, 2.75) is 61.4 Å². The monoisotopic (exact) mass is 342 g/mol. The second-order valence-corrected chi connectivity index (χ2v) is 5.53. The average molecular weight is 342 g/mol. The van der Waals surface area contributed by atoms with Gasteiger partial charge in [-0.05, 0) is 0 Å². The molecule has 2 heterocycles. The predicted molar refractivity (Wildman–Crippen MR) is 68.6 cm³/mol. The van der Waals surface area contributed by atoms with Crippen LogP contribution in [-0.2, 0) is 14.2 Å². The summed E-state index contributed by atoms with van der Waals surface area (Å²) < 4.78 is 15.1. The fraction of sp³-hybridized carbons (Fsp3) is 1.00. The molecule has 10 atom stereocenters. The van der Waals surface area contributed by atoms with Crippen molar-refractivity contribution in [3.05, 3.63) is 0 Å². The maximum absolute atomic E-state index is 9.94. The Balaban J connectivity index is 2.08. The van der Waals surface area contributed by atoms with E-state index in [-0.39, 0.29) is 0 Å². The molecular weight excluding hydrogens is 320 g/mol. The quantitative estimate of drug-likeness (QED) is 0.243. The highest BCUT2D eigenvalue weighted by Crippen LogP contribution is 2.28. The van der Waals surface area contributed by atoms with E-state index < -0.39 is 74.6 Å². The molecule has 2 aliphatic heterocycles. The van der Waals surface area contributed by atoms with Crippen molar-refractivity contribution in [1.29, 1.82) is 0 Å². The Hall–Kier alpha value is -0.440. The van der Waals surface area contributed by atoms with Crippen LogP contribution in [0, 0.1) is 0 Å². The third-order valence-electron chi connectivity index (χ3n) is 3.98. The molecule has 0 saturated carbocycles. The number of aliphatic hydroxyl groups excluding tert-OH is 8. The van der Waals surface area contributed by atoms with Crippen molar-refractivity contribution in [3.8, 4) is 0 Å². The minimum Gasteiger partial charge on any atom is -0.394 e. The molecule has 0 aromatic heterocycles. The van der Waals surface area contributed by atoms with E-state index in [1.165, 1.54) is 0 Å². The van der Waals surface area contributed by atoms with Gasteiger partial charge >= 0.3 is 0 Å². The smallest absolute Gasteiger partial charge is 0.187 e. The zero-order chi connectivity index (χ0) is 17.3. The third-order valence-corrected chi connectivity index (χ3v) is 3.98. The Morgan fingerprint density at radius 2 is 1.17 bits per heavy atom. The van der Waals surface area contributed by atoms with Crippen LogP contribution in [-0.4, -0.2) is 115 Å². The molecule has 0 aromatic carbocycles. The van der Waals surface area contributed by atoms with Crippen LogP contribution in [0.1, 0.15) is 0 Å². The van der Waals surface area contributed by atoms with Crippen LogP contribution in [0.2, 0.25) is 0 Å². The zero-order valence-corrected chi connectivity index (χ0v) is 12.0. The molecule has 2 aliphatic rings. The topological polar surface area (TPSA) is 190 Å². The first-order chi connectivity index (χ1) is 10.8. The van der Waals surface area contributed by atoms with Gasteiger partial charge in [0, 0.05) is 0 Å². The van der Waals surface area contributed by atoms with Gasteiger partial charge in [-0.15, -0.1) is 0 Å². The van der Waals surface area contributed by atoms with Crippen LogP contribution < -0.4 is 0 Å². The molecule has 1 unspecified atom stereocenters. The van der Waals surface area contributed by atoms with E-state index in [9.17, 15) is 30.6 Å². The van der Waals surface area contributed by atoms with Gasteiger partial charge in [-0.25, -0.2) is 0 Å². The van der Waals surface area contributed by atoms with Crippen LogP contribution in [0.15, 0.2) is 0 Å². The number of ether oxygens (including phenoxy) is 3. The lowest BCUT2D eigenvalue weighted by Gasteiger charge is -2.44. The molecule has 0 spiro atoms. The molecule has 11 heteroatoms.